The number of nitrogens with one attached hydrogen (secondary N) is 1. The molecule has 1 aromatic rings. The first-order chi connectivity index (χ1) is 7.69. The van der Waals surface area contributed by atoms with Gasteiger partial charge in [-0.15, -0.1) is 0 Å². The SMILES string of the molecule is CCOCc1nc(Cl)cc(NC2CC2C)n1. The fourth-order valence-electron chi connectivity index (χ4n) is 1.51. The van der Waals surface area contributed by atoms with Crippen LogP contribution in [0.4, 0.5) is 5.82 Å². The molecule has 5 heteroatoms. The van der Waals surface area contributed by atoms with Crippen molar-refractivity contribution in [3.63, 3.8) is 0 Å². The van der Waals surface area contributed by atoms with Gasteiger partial charge in [0.15, 0.2) is 5.82 Å². The van der Waals surface area contributed by atoms with E-state index in [4.69, 9.17) is 16.3 Å². The lowest BCUT2D eigenvalue weighted by Gasteiger charge is -2.07. The summed E-state index contributed by atoms with van der Waals surface area (Å²) in [5, 5.41) is 3.79. The molecule has 2 atom stereocenters. The molecule has 1 saturated carbocycles. The van der Waals surface area contributed by atoms with E-state index in [1.807, 2.05) is 6.92 Å². The van der Waals surface area contributed by atoms with E-state index in [1.165, 1.54) is 6.42 Å². The zero-order valence-electron chi connectivity index (χ0n) is 9.53. The second kappa shape index (κ2) is 4.97. The van der Waals surface area contributed by atoms with Gasteiger partial charge in [0, 0.05) is 18.7 Å². The van der Waals surface area contributed by atoms with Crippen molar-refractivity contribution in [2.75, 3.05) is 11.9 Å². The van der Waals surface area contributed by atoms with E-state index in [0.717, 1.165) is 11.7 Å². The van der Waals surface area contributed by atoms with Gasteiger partial charge in [-0.2, -0.15) is 0 Å². The number of aromatic nitrogens is 2. The standard InChI is InChI=1S/C11H16ClN3O/c1-3-16-6-11-14-9(12)5-10(15-11)13-8-4-7(8)2/h5,7-8H,3-4,6H2,1-2H3,(H,13,14,15). The van der Waals surface area contributed by atoms with Gasteiger partial charge < -0.3 is 10.1 Å². The van der Waals surface area contributed by atoms with Crippen molar-refractivity contribution in [3.05, 3.63) is 17.0 Å². The minimum Gasteiger partial charge on any atom is -0.374 e. The molecule has 1 N–H and O–H groups in total. The van der Waals surface area contributed by atoms with Crippen LogP contribution in [0.3, 0.4) is 0 Å². The molecule has 1 aliphatic carbocycles. The molecule has 16 heavy (non-hydrogen) atoms. The topological polar surface area (TPSA) is 47.0 Å². The molecule has 2 unspecified atom stereocenters. The third-order valence-corrected chi connectivity index (χ3v) is 2.81. The number of hydrogen-bond donors (Lipinski definition) is 1. The minimum atomic E-state index is 0.409. The Balaban J connectivity index is 2.03. The first kappa shape index (κ1) is 11.6. The van der Waals surface area contributed by atoms with Crippen molar-refractivity contribution in [2.24, 2.45) is 5.92 Å². The first-order valence-corrected chi connectivity index (χ1v) is 5.94. The minimum absolute atomic E-state index is 0.409. The van der Waals surface area contributed by atoms with Gasteiger partial charge in [-0.25, -0.2) is 9.97 Å². The van der Waals surface area contributed by atoms with Gasteiger partial charge in [-0.3, -0.25) is 0 Å². The normalized spacial score (nSPS) is 23.2. The van der Waals surface area contributed by atoms with Crippen LogP contribution in [0, 0.1) is 5.92 Å². The molecule has 1 aromatic heterocycles. The summed E-state index contributed by atoms with van der Waals surface area (Å²) in [7, 11) is 0. The molecule has 0 bridgehead atoms. The maximum Gasteiger partial charge on any atom is 0.158 e. The van der Waals surface area contributed by atoms with Crippen LogP contribution in [-0.2, 0) is 11.3 Å². The monoisotopic (exact) mass is 241 g/mol. The molecular formula is C11H16ClN3O. The molecule has 0 amide bonds. The van der Waals surface area contributed by atoms with Crippen molar-refractivity contribution in [3.8, 4) is 0 Å². The Labute approximate surface area is 100 Å². The predicted molar refractivity (Wildman–Crippen MR) is 63.6 cm³/mol. The Bertz CT molecular complexity index is 372. The molecule has 2 rings (SSSR count). The van der Waals surface area contributed by atoms with E-state index in [9.17, 15) is 0 Å². The number of rotatable bonds is 5. The summed E-state index contributed by atoms with van der Waals surface area (Å²) in [6.07, 6.45) is 1.20. The Morgan fingerprint density at radius 2 is 2.31 bits per heavy atom. The van der Waals surface area contributed by atoms with Crippen molar-refractivity contribution in [1.29, 1.82) is 0 Å². The maximum atomic E-state index is 5.92. The second-order valence-electron chi connectivity index (χ2n) is 4.09. The van der Waals surface area contributed by atoms with Gasteiger partial charge in [0.05, 0.1) is 0 Å². The van der Waals surface area contributed by atoms with Gasteiger partial charge in [0.25, 0.3) is 0 Å². The molecule has 0 saturated heterocycles. The zero-order chi connectivity index (χ0) is 11.5. The van der Waals surface area contributed by atoms with Gasteiger partial charge in [-0.05, 0) is 19.3 Å². The lowest BCUT2D eigenvalue weighted by molar-refractivity contribution is 0.128. The van der Waals surface area contributed by atoms with E-state index in [2.05, 4.69) is 22.2 Å². The van der Waals surface area contributed by atoms with Crippen molar-refractivity contribution >= 4 is 17.4 Å². The highest BCUT2D eigenvalue weighted by Crippen LogP contribution is 2.32. The molecular weight excluding hydrogens is 226 g/mol. The number of ether oxygens (including phenoxy) is 1. The lowest BCUT2D eigenvalue weighted by atomic mass is 10.4. The van der Waals surface area contributed by atoms with Crippen LogP contribution < -0.4 is 5.32 Å². The number of hydrogen-bond acceptors (Lipinski definition) is 4. The lowest BCUT2D eigenvalue weighted by Crippen LogP contribution is -2.08. The number of anilines is 1. The van der Waals surface area contributed by atoms with E-state index >= 15 is 0 Å². The van der Waals surface area contributed by atoms with Crippen LogP contribution >= 0.6 is 11.6 Å². The maximum absolute atomic E-state index is 5.92. The highest BCUT2D eigenvalue weighted by molar-refractivity contribution is 6.29. The van der Waals surface area contributed by atoms with Crippen LogP contribution in [0.2, 0.25) is 5.15 Å². The summed E-state index contributed by atoms with van der Waals surface area (Å²) in [4.78, 5) is 8.46. The Morgan fingerprint density at radius 3 is 2.94 bits per heavy atom. The smallest absolute Gasteiger partial charge is 0.158 e. The zero-order valence-corrected chi connectivity index (χ0v) is 10.3. The summed E-state index contributed by atoms with van der Waals surface area (Å²) < 4.78 is 5.26. The summed E-state index contributed by atoms with van der Waals surface area (Å²) in [5.41, 5.74) is 0. The molecule has 1 fully saturated rings. The van der Waals surface area contributed by atoms with Gasteiger partial charge in [-0.1, -0.05) is 18.5 Å². The quantitative estimate of drug-likeness (QED) is 0.805. The number of nitrogens with zero attached hydrogens (tertiary/aromatic N) is 2. The van der Waals surface area contributed by atoms with E-state index in [1.54, 1.807) is 6.07 Å². The van der Waals surface area contributed by atoms with E-state index in [-0.39, 0.29) is 0 Å². The summed E-state index contributed by atoms with van der Waals surface area (Å²) in [5.74, 6) is 2.15. The van der Waals surface area contributed by atoms with E-state index < -0.39 is 0 Å². The van der Waals surface area contributed by atoms with Crippen LogP contribution in [0.15, 0.2) is 6.07 Å². The summed E-state index contributed by atoms with van der Waals surface area (Å²) in [6, 6.07) is 2.29. The van der Waals surface area contributed by atoms with Crippen LogP contribution in [-0.4, -0.2) is 22.6 Å². The number of halogens is 1. The van der Waals surface area contributed by atoms with E-state index in [0.29, 0.717) is 30.2 Å². The molecule has 4 nitrogen and oxygen atoms in total. The van der Waals surface area contributed by atoms with Crippen LogP contribution in [0.5, 0.6) is 0 Å². The molecule has 0 spiro atoms. The molecule has 0 aromatic carbocycles. The van der Waals surface area contributed by atoms with Gasteiger partial charge in [0.2, 0.25) is 0 Å². The summed E-state index contributed by atoms with van der Waals surface area (Å²) in [6.45, 7) is 5.21. The van der Waals surface area contributed by atoms with Crippen molar-refractivity contribution in [1.82, 2.24) is 9.97 Å². The fraction of sp³-hybridized carbons (Fsp3) is 0.636. The highest BCUT2D eigenvalue weighted by Gasteiger charge is 2.32. The third-order valence-electron chi connectivity index (χ3n) is 2.62. The molecule has 88 valence electrons. The fourth-order valence-corrected chi connectivity index (χ4v) is 1.71. The van der Waals surface area contributed by atoms with Crippen molar-refractivity contribution < 1.29 is 4.74 Å². The van der Waals surface area contributed by atoms with Crippen molar-refractivity contribution in [2.45, 2.75) is 32.9 Å². The average Bonchev–Trinajstić information content (AvgIpc) is 2.90. The molecule has 0 aliphatic heterocycles. The highest BCUT2D eigenvalue weighted by atomic mass is 35.5. The molecule has 1 aliphatic rings. The Morgan fingerprint density at radius 1 is 1.56 bits per heavy atom. The molecule has 1 heterocycles. The Hall–Kier alpha value is -0.870. The molecule has 0 radical (unpaired) electrons. The Kier molecular flexibility index (Phi) is 3.61. The van der Waals surface area contributed by atoms with Crippen LogP contribution in [0.25, 0.3) is 0 Å². The van der Waals surface area contributed by atoms with Crippen LogP contribution in [0.1, 0.15) is 26.1 Å². The first-order valence-electron chi connectivity index (χ1n) is 5.56. The predicted octanol–water partition coefficient (Wildman–Crippen LogP) is 2.49. The van der Waals surface area contributed by atoms with Gasteiger partial charge >= 0.3 is 0 Å². The largest absolute Gasteiger partial charge is 0.374 e. The second-order valence-corrected chi connectivity index (χ2v) is 4.48. The van der Waals surface area contributed by atoms with Gasteiger partial charge in [0.1, 0.15) is 17.6 Å². The summed E-state index contributed by atoms with van der Waals surface area (Å²) >= 11 is 5.92. The average molecular weight is 242 g/mol. The third kappa shape index (κ3) is 3.06.